The molecule has 0 heterocycles. The van der Waals surface area contributed by atoms with Gasteiger partial charge in [0.05, 0.1) is 6.54 Å². The second-order valence-corrected chi connectivity index (χ2v) is 5.85. The summed E-state index contributed by atoms with van der Waals surface area (Å²) in [5.74, 6) is 0.154. The van der Waals surface area contributed by atoms with Gasteiger partial charge < -0.3 is 9.80 Å². The van der Waals surface area contributed by atoms with Crippen molar-refractivity contribution in [3.63, 3.8) is 0 Å². The average Bonchev–Trinajstić information content (AvgIpc) is 2.52. The van der Waals surface area contributed by atoms with Crippen LogP contribution in [0.2, 0.25) is 0 Å². The number of nitrogens with zero attached hydrogens (tertiary/aromatic N) is 2. The van der Waals surface area contributed by atoms with E-state index >= 15 is 0 Å². The van der Waals surface area contributed by atoms with E-state index < -0.39 is 0 Å². The van der Waals surface area contributed by atoms with E-state index in [1.54, 1.807) is 0 Å². The molecule has 0 aromatic heterocycles. The maximum Gasteiger partial charge on any atom is 0.228 e. The minimum absolute atomic E-state index is 0.154. The van der Waals surface area contributed by atoms with Gasteiger partial charge in [0.1, 0.15) is 0 Å². The van der Waals surface area contributed by atoms with Crippen molar-refractivity contribution in [2.75, 3.05) is 25.5 Å². The molecular weight excluding hydrogens is 272 g/mol. The molecule has 2 rings (SSSR count). The van der Waals surface area contributed by atoms with Gasteiger partial charge in [0.15, 0.2) is 0 Å². The number of hydrogen-bond acceptors (Lipinski definition) is 2. The lowest BCUT2D eigenvalue weighted by atomic mass is 10.1. The number of rotatable bonds is 6. The normalized spacial score (nSPS) is 10.7. The summed E-state index contributed by atoms with van der Waals surface area (Å²) < 4.78 is 0. The number of aryl methyl sites for hydroxylation is 1. The molecule has 0 saturated carbocycles. The Morgan fingerprint density at radius 1 is 0.955 bits per heavy atom. The molecule has 0 N–H and O–H groups in total. The van der Waals surface area contributed by atoms with Crippen LogP contribution < -0.4 is 4.90 Å². The van der Waals surface area contributed by atoms with Gasteiger partial charge in [-0.25, -0.2) is 0 Å². The molecule has 0 saturated heterocycles. The lowest BCUT2D eigenvalue weighted by Gasteiger charge is -2.24. The van der Waals surface area contributed by atoms with Gasteiger partial charge in [-0.15, -0.1) is 0 Å². The van der Waals surface area contributed by atoms with Crippen LogP contribution in [0.25, 0.3) is 0 Å². The van der Waals surface area contributed by atoms with E-state index in [1.807, 2.05) is 66.4 Å². The second-order valence-electron chi connectivity index (χ2n) is 5.85. The summed E-state index contributed by atoms with van der Waals surface area (Å²) in [6, 6.07) is 18.3. The summed E-state index contributed by atoms with van der Waals surface area (Å²) in [7, 11) is 3.97. The largest absolute Gasteiger partial charge is 0.309 e. The topological polar surface area (TPSA) is 23.6 Å². The van der Waals surface area contributed by atoms with Crippen LogP contribution in [0.1, 0.15) is 17.5 Å². The zero-order valence-corrected chi connectivity index (χ0v) is 13.6. The molecule has 0 fully saturated rings. The third-order valence-corrected chi connectivity index (χ3v) is 3.60. The van der Waals surface area contributed by atoms with Crippen molar-refractivity contribution in [3.8, 4) is 0 Å². The Bertz CT molecular complexity index is 591. The van der Waals surface area contributed by atoms with Crippen LogP contribution in [0.5, 0.6) is 0 Å². The third-order valence-electron chi connectivity index (χ3n) is 3.60. The van der Waals surface area contributed by atoms with Crippen LogP contribution in [0, 0.1) is 6.92 Å². The van der Waals surface area contributed by atoms with Gasteiger partial charge in [0.2, 0.25) is 5.91 Å². The van der Waals surface area contributed by atoms with E-state index in [9.17, 15) is 4.79 Å². The SMILES string of the molecule is Cc1ccc(N(Cc2ccccc2)C(=O)CCN(C)C)cc1. The summed E-state index contributed by atoms with van der Waals surface area (Å²) in [6.45, 7) is 3.42. The monoisotopic (exact) mass is 296 g/mol. The van der Waals surface area contributed by atoms with Crippen molar-refractivity contribution < 1.29 is 4.79 Å². The van der Waals surface area contributed by atoms with Gasteiger partial charge in [-0.2, -0.15) is 0 Å². The molecule has 22 heavy (non-hydrogen) atoms. The minimum Gasteiger partial charge on any atom is -0.309 e. The third kappa shape index (κ3) is 4.71. The van der Waals surface area contributed by atoms with E-state index in [-0.39, 0.29) is 5.91 Å². The molecule has 116 valence electrons. The van der Waals surface area contributed by atoms with E-state index in [4.69, 9.17) is 0 Å². The number of hydrogen-bond donors (Lipinski definition) is 0. The highest BCUT2D eigenvalue weighted by molar-refractivity contribution is 5.93. The zero-order chi connectivity index (χ0) is 15.9. The van der Waals surface area contributed by atoms with Crippen molar-refractivity contribution in [2.24, 2.45) is 0 Å². The maximum atomic E-state index is 12.6. The lowest BCUT2D eigenvalue weighted by molar-refractivity contribution is -0.119. The molecule has 0 radical (unpaired) electrons. The Balaban J connectivity index is 2.20. The Labute approximate surface area is 133 Å². The number of anilines is 1. The Morgan fingerprint density at radius 2 is 1.59 bits per heavy atom. The molecule has 0 aliphatic carbocycles. The lowest BCUT2D eigenvalue weighted by Crippen LogP contribution is -2.32. The fraction of sp³-hybridized carbons (Fsp3) is 0.316. The van der Waals surface area contributed by atoms with Gasteiger partial charge in [0, 0.05) is 18.7 Å². The quantitative estimate of drug-likeness (QED) is 0.815. The first-order valence-electron chi connectivity index (χ1n) is 7.62. The van der Waals surface area contributed by atoms with Gasteiger partial charge in [-0.1, -0.05) is 48.0 Å². The molecule has 0 unspecified atom stereocenters. The standard InChI is InChI=1S/C19H24N2O/c1-16-9-11-18(12-10-16)21(19(22)13-14-20(2)3)15-17-7-5-4-6-8-17/h4-12H,13-15H2,1-3H3. The van der Waals surface area contributed by atoms with Crippen molar-refractivity contribution >= 4 is 11.6 Å². The van der Waals surface area contributed by atoms with E-state index in [0.717, 1.165) is 17.8 Å². The average molecular weight is 296 g/mol. The fourth-order valence-corrected chi connectivity index (χ4v) is 2.27. The molecule has 2 aromatic rings. The summed E-state index contributed by atoms with van der Waals surface area (Å²) in [5, 5.41) is 0. The minimum atomic E-state index is 0.154. The van der Waals surface area contributed by atoms with Crippen molar-refractivity contribution in [2.45, 2.75) is 19.9 Å². The molecule has 0 aliphatic heterocycles. The van der Waals surface area contributed by atoms with E-state index in [1.165, 1.54) is 5.56 Å². The summed E-state index contributed by atoms with van der Waals surface area (Å²) in [6.07, 6.45) is 0.522. The van der Waals surface area contributed by atoms with Crippen LogP contribution in [-0.2, 0) is 11.3 Å². The molecule has 0 bridgehead atoms. The van der Waals surface area contributed by atoms with Gasteiger partial charge in [-0.05, 0) is 38.7 Å². The fourth-order valence-electron chi connectivity index (χ4n) is 2.27. The highest BCUT2D eigenvalue weighted by Gasteiger charge is 2.16. The highest BCUT2D eigenvalue weighted by atomic mass is 16.2. The predicted octanol–water partition coefficient (Wildman–Crippen LogP) is 3.48. The first-order valence-corrected chi connectivity index (χ1v) is 7.62. The Kier molecular flexibility index (Phi) is 5.73. The van der Waals surface area contributed by atoms with Crippen molar-refractivity contribution in [3.05, 3.63) is 65.7 Å². The molecule has 0 aliphatic rings. The first kappa shape index (κ1) is 16.2. The Morgan fingerprint density at radius 3 is 2.18 bits per heavy atom. The van der Waals surface area contributed by atoms with Crippen LogP contribution in [0.3, 0.4) is 0 Å². The number of carbonyl (C=O) groups is 1. The van der Waals surface area contributed by atoms with Gasteiger partial charge in [-0.3, -0.25) is 4.79 Å². The van der Waals surface area contributed by atoms with Gasteiger partial charge in [0.25, 0.3) is 0 Å². The van der Waals surface area contributed by atoms with Crippen LogP contribution in [0.4, 0.5) is 5.69 Å². The van der Waals surface area contributed by atoms with Gasteiger partial charge >= 0.3 is 0 Å². The maximum absolute atomic E-state index is 12.6. The van der Waals surface area contributed by atoms with Crippen LogP contribution in [-0.4, -0.2) is 31.4 Å². The van der Waals surface area contributed by atoms with E-state index in [2.05, 4.69) is 19.1 Å². The molecule has 2 aromatic carbocycles. The Hall–Kier alpha value is -2.13. The predicted molar refractivity (Wildman–Crippen MR) is 92.0 cm³/mol. The first-order chi connectivity index (χ1) is 10.6. The zero-order valence-electron chi connectivity index (χ0n) is 13.6. The van der Waals surface area contributed by atoms with E-state index in [0.29, 0.717) is 13.0 Å². The second kappa shape index (κ2) is 7.76. The number of amides is 1. The highest BCUT2D eigenvalue weighted by Crippen LogP contribution is 2.19. The smallest absolute Gasteiger partial charge is 0.228 e. The molecule has 1 amide bonds. The van der Waals surface area contributed by atoms with Crippen molar-refractivity contribution in [1.29, 1.82) is 0 Å². The number of carbonyl (C=O) groups excluding carboxylic acids is 1. The summed E-state index contributed by atoms with van der Waals surface area (Å²) >= 11 is 0. The van der Waals surface area contributed by atoms with Crippen LogP contribution in [0.15, 0.2) is 54.6 Å². The number of benzene rings is 2. The molecular formula is C19H24N2O. The summed E-state index contributed by atoms with van der Waals surface area (Å²) in [5.41, 5.74) is 3.30. The molecule has 0 spiro atoms. The molecule has 3 nitrogen and oxygen atoms in total. The van der Waals surface area contributed by atoms with Crippen LogP contribution >= 0.6 is 0 Å². The molecule has 0 atom stereocenters. The van der Waals surface area contributed by atoms with Crippen molar-refractivity contribution in [1.82, 2.24) is 4.90 Å². The molecule has 3 heteroatoms. The summed E-state index contributed by atoms with van der Waals surface area (Å²) in [4.78, 5) is 16.5.